The van der Waals surface area contributed by atoms with E-state index in [1.807, 2.05) is 12.3 Å². The second kappa shape index (κ2) is 7.72. The number of nitro benzene ring substituents is 1. The standard InChI is InChI=1S/C13H16N4O5/c1-3-8(2)15-12(19)13(20)16-14-7-9-4-5-11(18)10(6-9)17(21)22/h4-8,18H,3H2,1-2H3,(H,15,19)(H,16,20)/p-1/b14-7-/t8-/m0/s1. The van der Waals surface area contributed by atoms with Crippen molar-refractivity contribution in [2.24, 2.45) is 5.10 Å². The average molecular weight is 307 g/mol. The second-order valence-electron chi connectivity index (χ2n) is 4.47. The molecule has 0 unspecified atom stereocenters. The topological polar surface area (TPSA) is 137 Å². The molecule has 0 aliphatic rings. The van der Waals surface area contributed by atoms with Crippen molar-refractivity contribution < 1.29 is 19.6 Å². The van der Waals surface area contributed by atoms with E-state index in [1.54, 1.807) is 6.92 Å². The summed E-state index contributed by atoms with van der Waals surface area (Å²) >= 11 is 0. The number of nitro groups is 1. The Morgan fingerprint density at radius 3 is 2.68 bits per heavy atom. The van der Waals surface area contributed by atoms with E-state index in [0.717, 1.165) is 18.3 Å². The van der Waals surface area contributed by atoms with Crippen molar-refractivity contribution in [2.75, 3.05) is 0 Å². The molecule has 0 spiro atoms. The van der Waals surface area contributed by atoms with Gasteiger partial charge in [-0.2, -0.15) is 5.10 Å². The zero-order valence-electron chi connectivity index (χ0n) is 12.0. The molecule has 0 aliphatic carbocycles. The predicted octanol–water partition coefficient (Wildman–Crippen LogP) is 0.0332. The molecular formula is C13H15N4O5-. The van der Waals surface area contributed by atoms with Gasteiger partial charge in [-0.25, -0.2) is 5.43 Å². The lowest BCUT2D eigenvalue weighted by atomic mass is 10.2. The molecular weight excluding hydrogens is 292 g/mol. The van der Waals surface area contributed by atoms with Gasteiger partial charge in [-0.3, -0.25) is 19.7 Å². The first kappa shape index (κ1) is 17.1. The number of hydrogen-bond acceptors (Lipinski definition) is 6. The van der Waals surface area contributed by atoms with Gasteiger partial charge < -0.3 is 10.4 Å². The summed E-state index contributed by atoms with van der Waals surface area (Å²) in [6.07, 6.45) is 1.77. The first-order valence-corrected chi connectivity index (χ1v) is 6.44. The number of benzene rings is 1. The highest BCUT2D eigenvalue weighted by Crippen LogP contribution is 2.22. The molecule has 0 aliphatic heterocycles. The summed E-state index contributed by atoms with van der Waals surface area (Å²) in [5, 5.41) is 27.8. The van der Waals surface area contributed by atoms with Crippen molar-refractivity contribution in [2.45, 2.75) is 26.3 Å². The first-order valence-electron chi connectivity index (χ1n) is 6.44. The van der Waals surface area contributed by atoms with E-state index in [2.05, 4.69) is 10.4 Å². The van der Waals surface area contributed by atoms with Crippen LogP contribution in [0, 0.1) is 10.1 Å². The molecule has 0 bridgehead atoms. The summed E-state index contributed by atoms with van der Waals surface area (Å²) in [5.41, 5.74) is 1.65. The molecule has 0 saturated carbocycles. The quantitative estimate of drug-likeness (QED) is 0.342. The van der Waals surface area contributed by atoms with Gasteiger partial charge in [0.25, 0.3) is 5.69 Å². The van der Waals surface area contributed by atoms with Crippen LogP contribution in [0.25, 0.3) is 0 Å². The predicted molar refractivity (Wildman–Crippen MR) is 76.2 cm³/mol. The number of carbonyl (C=O) groups excluding carboxylic acids is 2. The van der Waals surface area contributed by atoms with Crippen molar-refractivity contribution in [3.8, 4) is 5.75 Å². The van der Waals surface area contributed by atoms with Crippen LogP contribution in [-0.4, -0.2) is 29.0 Å². The molecule has 1 aromatic carbocycles. The van der Waals surface area contributed by atoms with Gasteiger partial charge in [-0.1, -0.05) is 19.1 Å². The molecule has 0 saturated heterocycles. The SMILES string of the molecule is CC[C@H](C)NC(=O)C(=O)N/N=C\c1ccc([O-])c([N+](=O)[O-])c1. The largest absolute Gasteiger partial charge is 0.868 e. The van der Waals surface area contributed by atoms with Crippen molar-refractivity contribution in [3.05, 3.63) is 33.9 Å². The van der Waals surface area contributed by atoms with Crippen molar-refractivity contribution >= 4 is 23.7 Å². The van der Waals surface area contributed by atoms with Crippen LogP contribution >= 0.6 is 0 Å². The Labute approximate surface area is 126 Å². The van der Waals surface area contributed by atoms with E-state index in [1.165, 1.54) is 6.07 Å². The molecule has 1 rings (SSSR count). The van der Waals surface area contributed by atoms with Gasteiger partial charge in [-0.15, -0.1) is 0 Å². The third-order valence-corrected chi connectivity index (χ3v) is 2.76. The Kier molecular flexibility index (Phi) is 5.99. The van der Waals surface area contributed by atoms with Crippen LogP contribution in [0.15, 0.2) is 23.3 Å². The molecule has 0 aromatic heterocycles. The number of hydrogen-bond donors (Lipinski definition) is 2. The maximum absolute atomic E-state index is 11.4. The minimum absolute atomic E-state index is 0.144. The van der Waals surface area contributed by atoms with Gasteiger partial charge in [0.1, 0.15) is 0 Å². The zero-order chi connectivity index (χ0) is 16.7. The van der Waals surface area contributed by atoms with E-state index in [0.29, 0.717) is 6.42 Å². The molecule has 2 N–H and O–H groups in total. The van der Waals surface area contributed by atoms with Gasteiger partial charge in [0.05, 0.1) is 11.1 Å². The van der Waals surface area contributed by atoms with E-state index in [9.17, 15) is 24.8 Å². The Hall–Kier alpha value is -2.97. The van der Waals surface area contributed by atoms with E-state index in [4.69, 9.17) is 0 Å². The third-order valence-electron chi connectivity index (χ3n) is 2.76. The van der Waals surface area contributed by atoms with Crippen molar-refractivity contribution in [3.63, 3.8) is 0 Å². The summed E-state index contributed by atoms with van der Waals surface area (Å²) in [4.78, 5) is 32.6. The summed E-state index contributed by atoms with van der Waals surface area (Å²) in [6, 6.07) is 3.22. The lowest BCUT2D eigenvalue weighted by Crippen LogP contribution is -2.41. The van der Waals surface area contributed by atoms with Gasteiger partial charge in [0.15, 0.2) is 0 Å². The van der Waals surface area contributed by atoms with E-state index in [-0.39, 0.29) is 11.6 Å². The number of hydrazone groups is 1. The lowest BCUT2D eigenvalue weighted by molar-refractivity contribution is -0.398. The highest BCUT2D eigenvalue weighted by molar-refractivity contribution is 6.35. The summed E-state index contributed by atoms with van der Waals surface area (Å²) in [7, 11) is 0. The first-order chi connectivity index (χ1) is 10.3. The fourth-order valence-corrected chi connectivity index (χ4v) is 1.36. The summed E-state index contributed by atoms with van der Waals surface area (Å²) in [6.45, 7) is 3.60. The number of carbonyl (C=O) groups is 2. The molecule has 0 fully saturated rings. The van der Waals surface area contributed by atoms with Crippen LogP contribution < -0.4 is 15.8 Å². The molecule has 22 heavy (non-hydrogen) atoms. The number of nitrogens with zero attached hydrogens (tertiary/aromatic N) is 2. The molecule has 1 aromatic rings. The molecule has 0 heterocycles. The van der Waals surface area contributed by atoms with Crippen molar-refractivity contribution in [1.82, 2.24) is 10.7 Å². The van der Waals surface area contributed by atoms with E-state index < -0.39 is 28.2 Å². The van der Waals surface area contributed by atoms with Gasteiger partial charge >= 0.3 is 11.8 Å². The third kappa shape index (κ3) is 4.85. The Morgan fingerprint density at radius 1 is 1.41 bits per heavy atom. The van der Waals surface area contributed by atoms with Crippen LogP contribution in [0.2, 0.25) is 0 Å². The molecule has 1 atom stereocenters. The molecule has 9 heteroatoms. The average Bonchev–Trinajstić information content (AvgIpc) is 2.48. The van der Waals surface area contributed by atoms with E-state index >= 15 is 0 Å². The molecule has 9 nitrogen and oxygen atoms in total. The minimum Gasteiger partial charge on any atom is -0.868 e. The molecule has 118 valence electrons. The Morgan fingerprint density at radius 2 is 2.09 bits per heavy atom. The normalized spacial score (nSPS) is 11.9. The van der Waals surface area contributed by atoms with Crippen LogP contribution in [0.5, 0.6) is 5.75 Å². The summed E-state index contributed by atoms with van der Waals surface area (Å²) in [5.74, 6) is -2.50. The monoisotopic (exact) mass is 307 g/mol. The van der Waals surface area contributed by atoms with Gasteiger partial charge in [0.2, 0.25) is 0 Å². The minimum atomic E-state index is -0.952. The molecule has 0 radical (unpaired) electrons. The van der Waals surface area contributed by atoms with Gasteiger partial charge in [0, 0.05) is 17.7 Å². The van der Waals surface area contributed by atoms with Gasteiger partial charge in [-0.05, 0) is 19.1 Å². The highest BCUT2D eigenvalue weighted by atomic mass is 16.6. The Bertz CT molecular complexity index is 614. The number of nitrogens with one attached hydrogen (secondary N) is 2. The second-order valence-corrected chi connectivity index (χ2v) is 4.47. The van der Waals surface area contributed by atoms with Crippen LogP contribution in [0.4, 0.5) is 5.69 Å². The fourth-order valence-electron chi connectivity index (χ4n) is 1.36. The zero-order valence-corrected chi connectivity index (χ0v) is 12.0. The van der Waals surface area contributed by atoms with Crippen LogP contribution in [0.3, 0.4) is 0 Å². The maximum atomic E-state index is 11.4. The smallest absolute Gasteiger partial charge is 0.329 e. The molecule has 2 amide bonds. The number of amides is 2. The fraction of sp³-hybridized carbons (Fsp3) is 0.308. The Balaban J connectivity index is 2.66. The number of rotatable bonds is 5. The van der Waals surface area contributed by atoms with Crippen molar-refractivity contribution in [1.29, 1.82) is 0 Å². The summed E-state index contributed by atoms with van der Waals surface area (Å²) < 4.78 is 0. The van der Waals surface area contributed by atoms with Crippen LogP contribution in [-0.2, 0) is 9.59 Å². The lowest BCUT2D eigenvalue weighted by Gasteiger charge is -2.09. The maximum Gasteiger partial charge on any atom is 0.329 e. The highest BCUT2D eigenvalue weighted by Gasteiger charge is 2.14. The van der Waals surface area contributed by atoms with Crippen LogP contribution in [0.1, 0.15) is 25.8 Å².